The zero-order chi connectivity index (χ0) is 21.3. The molecule has 3 rings (SSSR count). The lowest BCUT2D eigenvalue weighted by atomic mass is 10.1. The Morgan fingerprint density at radius 3 is 2.47 bits per heavy atom. The summed E-state index contributed by atoms with van der Waals surface area (Å²) >= 11 is 5.97. The molecule has 1 heterocycles. The molecule has 0 aliphatic carbocycles. The van der Waals surface area contributed by atoms with Crippen LogP contribution in [0.1, 0.15) is 22.9 Å². The van der Waals surface area contributed by atoms with Crippen molar-refractivity contribution in [2.24, 2.45) is 0 Å². The highest BCUT2D eigenvalue weighted by atomic mass is 35.5. The van der Waals surface area contributed by atoms with E-state index in [0.717, 1.165) is 11.1 Å². The van der Waals surface area contributed by atoms with Crippen LogP contribution < -0.4 is 10.1 Å². The molecule has 0 amide bonds. The number of hydrogen-bond acceptors (Lipinski definition) is 6. The maximum Gasteiger partial charge on any atom is 0.219 e. The van der Waals surface area contributed by atoms with Crippen molar-refractivity contribution in [3.8, 4) is 11.6 Å². The first-order valence-electron chi connectivity index (χ1n) is 9.68. The SMILES string of the molecule is OCc1cccc(Oc2ccc(C[C@@H](CO)NC[C@H](O)c3cccc(Cl)c3)cc2)n1. The molecule has 2 atom stereocenters. The van der Waals surface area contributed by atoms with Gasteiger partial charge in [0.2, 0.25) is 5.88 Å². The number of nitrogens with zero attached hydrogens (tertiary/aromatic N) is 1. The van der Waals surface area contributed by atoms with Crippen LogP contribution in [0, 0.1) is 0 Å². The van der Waals surface area contributed by atoms with Gasteiger partial charge in [-0.2, -0.15) is 0 Å². The summed E-state index contributed by atoms with van der Waals surface area (Å²) in [4.78, 5) is 4.19. The van der Waals surface area contributed by atoms with Crippen molar-refractivity contribution in [2.45, 2.75) is 25.2 Å². The van der Waals surface area contributed by atoms with E-state index in [2.05, 4.69) is 10.3 Å². The van der Waals surface area contributed by atoms with Gasteiger partial charge in [0.1, 0.15) is 5.75 Å². The minimum Gasteiger partial charge on any atom is -0.439 e. The highest BCUT2D eigenvalue weighted by molar-refractivity contribution is 6.30. The molecule has 158 valence electrons. The Kier molecular flexibility index (Phi) is 8.19. The molecular formula is C23H25ClN2O4. The summed E-state index contributed by atoms with van der Waals surface area (Å²) in [6.07, 6.45) is -0.118. The number of benzene rings is 2. The third-order valence-corrected chi connectivity index (χ3v) is 4.86. The third-order valence-electron chi connectivity index (χ3n) is 4.62. The summed E-state index contributed by atoms with van der Waals surface area (Å²) in [7, 11) is 0. The Morgan fingerprint density at radius 2 is 1.77 bits per heavy atom. The van der Waals surface area contributed by atoms with E-state index in [1.807, 2.05) is 30.3 Å². The molecule has 0 spiro atoms. The average molecular weight is 429 g/mol. The Balaban J connectivity index is 1.53. The van der Waals surface area contributed by atoms with Crippen LogP contribution >= 0.6 is 11.6 Å². The van der Waals surface area contributed by atoms with Gasteiger partial charge in [0.25, 0.3) is 0 Å². The van der Waals surface area contributed by atoms with Crippen molar-refractivity contribution < 1.29 is 20.1 Å². The molecule has 3 aromatic rings. The first-order chi connectivity index (χ1) is 14.6. The molecule has 0 bridgehead atoms. The number of aliphatic hydroxyl groups is 3. The first-order valence-corrected chi connectivity index (χ1v) is 10.1. The second kappa shape index (κ2) is 11.1. The standard InChI is InChI=1S/C23H25ClN2O4/c24-18-4-1-3-17(12-18)22(29)13-25-20(15-28)11-16-7-9-21(10-8-16)30-23-6-2-5-19(14-27)26-23/h1-10,12,20,22,25,27-29H,11,13-15H2/t20-,22-/m0/s1. The van der Waals surface area contributed by atoms with Gasteiger partial charge in [-0.1, -0.05) is 41.9 Å². The number of pyridine rings is 1. The van der Waals surface area contributed by atoms with E-state index in [9.17, 15) is 10.2 Å². The number of rotatable bonds is 10. The topological polar surface area (TPSA) is 94.8 Å². The predicted octanol–water partition coefficient (Wildman–Crippen LogP) is 3.25. The minimum absolute atomic E-state index is 0.0572. The number of aliphatic hydroxyl groups excluding tert-OH is 3. The summed E-state index contributed by atoms with van der Waals surface area (Å²) in [5, 5.41) is 33.0. The fourth-order valence-corrected chi connectivity index (χ4v) is 3.21. The van der Waals surface area contributed by atoms with E-state index >= 15 is 0 Å². The Hall–Kier alpha value is -2.48. The number of halogens is 1. The van der Waals surface area contributed by atoms with Crippen LogP contribution in [0.3, 0.4) is 0 Å². The van der Waals surface area contributed by atoms with Crippen LogP contribution in [0.15, 0.2) is 66.7 Å². The minimum atomic E-state index is -0.712. The first kappa shape index (κ1) is 22.2. The quantitative estimate of drug-likeness (QED) is 0.396. The predicted molar refractivity (Wildman–Crippen MR) is 116 cm³/mol. The lowest BCUT2D eigenvalue weighted by molar-refractivity contribution is 0.158. The van der Waals surface area contributed by atoms with Gasteiger partial charge in [0.15, 0.2) is 0 Å². The second-order valence-electron chi connectivity index (χ2n) is 6.93. The summed E-state index contributed by atoms with van der Waals surface area (Å²) < 4.78 is 5.71. The van der Waals surface area contributed by atoms with Crippen LogP contribution in [0.25, 0.3) is 0 Å². The van der Waals surface area contributed by atoms with Crippen LogP contribution in [0.4, 0.5) is 0 Å². The van der Waals surface area contributed by atoms with Gasteiger partial charge in [-0.3, -0.25) is 0 Å². The number of hydrogen-bond donors (Lipinski definition) is 4. The molecule has 4 N–H and O–H groups in total. The second-order valence-corrected chi connectivity index (χ2v) is 7.37. The maximum atomic E-state index is 10.3. The summed E-state index contributed by atoms with van der Waals surface area (Å²) in [6, 6.07) is 19.6. The molecule has 1 aromatic heterocycles. The summed E-state index contributed by atoms with van der Waals surface area (Å²) in [5.41, 5.74) is 2.29. The smallest absolute Gasteiger partial charge is 0.219 e. The zero-order valence-corrected chi connectivity index (χ0v) is 17.2. The molecule has 0 unspecified atom stereocenters. The number of nitrogens with one attached hydrogen (secondary N) is 1. The van der Waals surface area contributed by atoms with Gasteiger partial charge < -0.3 is 25.4 Å². The van der Waals surface area contributed by atoms with Crippen molar-refractivity contribution in [1.82, 2.24) is 10.3 Å². The van der Waals surface area contributed by atoms with Gasteiger partial charge in [0.05, 0.1) is 25.0 Å². The highest BCUT2D eigenvalue weighted by Gasteiger charge is 2.13. The van der Waals surface area contributed by atoms with Gasteiger partial charge >= 0.3 is 0 Å². The molecule has 6 nitrogen and oxygen atoms in total. The third kappa shape index (κ3) is 6.52. The Labute approximate surface area is 180 Å². The van der Waals surface area contributed by atoms with E-state index in [1.54, 1.807) is 36.4 Å². The zero-order valence-electron chi connectivity index (χ0n) is 16.4. The lowest BCUT2D eigenvalue weighted by Crippen LogP contribution is -2.37. The van der Waals surface area contributed by atoms with Gasteiger partial charge in [-0.15, -0.1) is 0 Å². The maximum absolute atomic E-state index is 10.3. The highest BCUT2D eigenvalue weighted by Crippen LogP contribution is 2.21. The van der Waals surface area contributed by atoms with Crippen LogP contribution in [0.2, 0.25) is 5.02 Å². The van der Waals surface area contributed by atoms with Crippen molar-refractivity contribution in [2.75, 3.05) is 13.2 Å². The van der Waals surface area contributed by atoms with E-state index in [-0.39, 0.29) is 19.3 Å². The van der Waals surface area contributed by atoms with Crippen LogP contribution in [-0.4, -0.2) is 39.5 Å². The molecule has 0 fully saturated rings. The summed E-state index contributed by atoms with van der Waals surface area (Å²) in [5.74, 6) is 1.05. The molecule has 0 aliphatic rings. The van der Waals surface area contributed by atoms with Crippen molar-refractivity contribution in [3.63, 3.8) is 0 Å². The Morgan fingerprint density at radius 1 is 1.00 bits per heavy atom. The van der Waals surface area contributed by atoms with Gasteiger partial charge in [0, 0.05) is 23.7 Å². The van der Waals surface area contributed by atoms with E-state index < -0.39 is 6.10 Å². The fraction of sp³-hybridized carbons (Fsp3) is 0.261. The number of aromatic nitrogens is 1. The molecule has 7 heteroatoms. The van der Waals surface area contributed by atoms with E-state index in [4.69, 9.17) is 21.4 Å². The fourth-order valence-electron chi connectivity index (χ4n) is 3.01. The molecule has 0 radical (unpaired) electrons. The molecule has 0 saturated heterocycles. The van der Waals surface area contributed by atoms with Crippen LogP contribution in [0.5, 0.6) is 11.6 Å². The molecule has 0 aliphatic heterocycles. The summed E-state index contributed by atoms with van der Waals surface area (Å²) in [6.45, 7) is 0.107. The Bertz CT molecular complexity index is 936. The molecular weight excluding hydrogens is 404 g/mol. The van der Waals surface area contributed by atoms with Crippen molar-refractivity contribution in [1.29, 1.82) is 0 Å². The largest absolute Gasteiger partial charge is 0.439 e. The molecule has 0 saturated carbocycles. The normalized spacial score (nSPS) is 13.1. The van der Waals surface area contributed by atoms with Crippen molar-refractivity contribution >= 4 is 11.6 Å². The molecule has 2 aromatic carbocycles. The monoisotopic (exact) mass is 428 g/mol. The van der Waals surface area contributed by atoms with Crippen molar-refractivity contribution in [3.05, 3.63) is 88.6 Å². The number of ether oxygens (including phenoxy) is 1. The van der Waals surface area contributed by atoms with E-state index in [0.29, 0.717) is 35.3 Å². The molecule has 30 heavy (non-hydrogen) atoms. The lowest BCUT2D eigenvalue weighted by Gasteiger charge is -2.19. The van der Waals surface area contributed by atoms with Crippen LogP contribution in [-0.2, 0) is 13.0 Å². The average Bonchev–Trinajstić information content (AvgIpc) is 2.77. The van der Waals surface area contributed by atoms with Gasteiger partial charge in [-0.05, 0) is 47.9 Å². The van der Waals surface area contributed by atoms with Gasteiger partial charge in [-0.25, -0.2) is 4.98 Å². The van der Waals surface area contributed by atoms with E-state index in [1.165, 1.54) is 0 Å².